The molecule has 0 aliphatic carbocycles. The van der Waals surface area contributed by atoms with Gasteiger partial charge in [-0.2, -0.15) is 0 Å². The third-order valence-electron chi connectivity index (χ3n) is 6.04. The zero-order valence-corrected chi connectivity index (χ0v) is 18.2. The molecule has 5 nitrogen and oxygen atoms in total. The van der Waals surface area contributed by atoms with Crippen LogP contribution in [0.4, 0.5) is 0 Å². The van der Waals surface area contributed by atoms with Gasteiger partial charge in [-0.3, -0.25) is 4.79 Å². The third-order valence-corrected chi connectivity index (χ3v) is 6.04. The standard InChI is InChI=1S/C25H31N3O2/c1-4-23(29)27-15-8-14-22(27)25-26-20-12-5-6-13-21(20)28(25)16-9-17-30-24-18(2)10-7-11-19(24)3/h5-7,10-13,22H,4,8-9,14-17H2,1-3H3. The van der Waals surface area contributed by atoms with Gasteiger partial charge in [-0.1, -0.05) is 37.3 Å². The van der Waals surface area contributed by atoms with Gasteiger partial charge < -0.3 is 14.2 Å². The predicted octanol–water partition coefficient (Wildman–Crippen LogP) is 5.20. The van der Waals surface area contributed by atoms with Crippen LogP contribution in [0, 0.1) is 13.8 Å². The number of nitrogens with zero attached hydrogens (tertiary/aromatic N) is 3. The Kier molecular flexibility index (Phi) is 6.07. The van der Waals surface area contributed by atoms with Crippen molar-refractivity contribution in [3.63, 3.8) is 0 Å². The molecule has 0 saturated carbocycles. The lowest BCUT2D eigenvalue weighted by Gasteiger charge is -2.25. The van der Waals surface area contributed by atoms with Crippen molar-refractivity contribution < 1.29 is 9.53 Å². The van der Waals surface area contributed by atoms with Gasteiger partial charge >= 0.3 is 0 Å². The van der Waals surface area contributed by atoms with Gasteiger partial charge in [0.25, 0.3) is 0 Å². The second-order valence-electron chi connectivity index (χ2n) is 8.13. The summed E-state index contributed by atoms with van der Waals surface area (Å²) in [6, 6.07) is 14.6. The third kappa shape index (κ3) is 3.93. The highest BCUT2D eigenvalue weighted by Gasteiger charge is 2.32. The largest absolute Gasteiger partial charge is 0.493 e. The molecule has 1 aliphatic heterocycles. The number of imidazole rings is 1. The van der Waals surface area contributed by atoms with Gasteiger partial charge in [0, 0.05) is 19.5 Å². The van der Waals surface area contributed by atoms with Crippen molar-refractivity contribution in [2.45, 2.75) is 59.0 Å². The van der Waals surface area contributed by atoms with Crippen LogP contribution < -0.4 is 4.74 Å². The number of rotatable bonds is 7. The van der Waals surface area contributed by atoms with E-state index in [0.717, 1.165) is 55.0 Å². The van der Waals surface area contributed by atoms with Crippen LogP contribution in [0.3, 0.4) is 0 Å². The summed E-state index contributed by atoms with van der Waals surface area (Å²) in [5, 5.41) is 0. The van der Waals surface area contributed by atoms with E-state index in [0.29, 0.717) is 13.0 Å². The quantitative estimate of drug-likeness (QED) is 0.508. The van der Waals surface area contributed by atoms with Crippen molar-refractivity contribution >= 4 is 16.9 Å². The van der Waals surface area contributed by atoms with Gasteiger partial charge in [-0.05, 0) is 56.4 Å². The number of aromatic nitrogens is 2. The average molecular weight is 406 g/mol. The monoisotopic (exact) mass is 405 g/mol. The Morgan fingerprint density at radius 1 is 1.13 bits per heavy atom. The molecule has 2 aromatic carbocycles. The van der Waals surface area contributed by atoms with E-state index in [-0.39, 0.29) is 11.9 Å². The van der Waals surface area contributed by atoms with E-state index in [4.69, 9.17) is 9.72 Å². The molecule has 1 saturated heterocycles. The van der Waals surface area contributed by atoms with Crippen molar-refractivity contribution in [3.8, 4) is 5.75 Å². The van der Waals surface area contributed by atoms with Crippen LogP contribution in [0.1, 0.15) is 55.6 Å². The van der Waals surface area contributed by atoms with E-state index < -0.39 is 0 Å². The number of ether oxygens (including phenoxy) is 1. The van der Waals surface area contributed by atoms with E-state index >= 15 is 0 Å². The lowest BCUT2D eigenvalue weighted by atomic mass is 10.1. The van der Waals surface area contributed by atoms with E-state index in [9.17, 15) is 4.79 Å². The molecule has 0 spiro atoms. The first-order valence-electron chi connectivity index (χ1n) is 11.0. The first-order chi connectivity index (χ1) is 14.6. The number of hydrogen-bond acceptors (Lipinski definition) is 3. The number of fused-ring (bicyclic) bond motifs is 1. The minimum atomic E-state index is 0.0735. The maximum Gasteiger partial charge on any atom is 0.222 e. The van der Waals surface area contributed by atoms with Crippen LogP contribution in [0.2, 0.25) is 0 Å². The van der Waals surface area contributed by atoms with Crippen molar-refractivity contribution in [1.29, 1.82) is 0 Å². The SMILES string of the molecule is CCC(=O)N1CCCC1c1nc2ccccc2n1CCCOc1c(C)cccc1C. The summed E-state index contributed by atoms with van der Waals surface area (Å²) in [5.41, 5.74) is 4.47. The molecule has 30 heavy (non-hydrogen) atoms. The number of amides is 1. The number of carbonyl (C=O) groups excluding carboxylic acids is 1. The van der Waals surface area contributed by atoms with Gasteiger partial charge in [0.2, 0.25) is 5.91 Å². The van der Waals surface area contributed by atoms with Crippen molar-refractivity contribution in [3.05, 3.63) is 59.4 Å². The molecule has 0 bridgehead atoms. The Labute approximate surface area is 178 Å². The van der Waals surface area contributed by atoms with E-state index in [1.165, 1.54) is 11.1 Å². The van der Waals surface area contributed by atoms with Gasteiger partial charge in [0.05, 0.1) is 23.7 Å². The van der Waals surface area contributed by atoms with Crippen LogP contribution in [0.15, 0.2) is 42.5 Å². The van der Waals surface area contributed by atoms with Gasteiger partial charge in [-0.15, -0.1) is 0 Å². The summed E-state index contributed by atoms with van der Waals surface area (Å²) in [4.78, 5) is 19.4. The van der Waals surface area contributed by atoms with E-state index in [1.54, 1.807) is 0 Å². The van der Waals surface area contributed by atoms with Crippen LogP contribution in [0.25, 0.3) is 11.0 Å². The maximum absolute atomic E-state index is 12.5. The molecule has 5 heteroatoms. The molecule has 1 atom stereocenters. The lowest BCUT2D eigenvalue weighted by Crippen LogP contribution is -2.31. The van der Waals surface area contributed by atoms with Crippen molar-refractivity contribution in [2.24, 2.45) is 0 Å². The van der Waals surface area contributed by atoms with E-state index in [2.05, 4.69) is 54.8 Å². The molecule has 0 radical (unpaired) electrons. The first kappa shape index (κ1) is 20.5. The summed E-state index contributed by atoms with van der Waals surface area (Å²) in [6.07, 6.45) is 3.44. The summed E-state index contributed by atoms with van der Waals surface area (Å²) in [6.45, 7) is 8.42. The molecule has 1 aliphatic rings. The Hall–Kier alpha value is -2.82. The molecule has 1 aromatic heterocycles. The molecule has 0 N–H and O–H groups in total. The van der Waals surface area contributed by atoms with Crippen LogP contribution in [0.5, 0.6) is 5.75 Å². The molecule has 1 fully saturated rings. The number of likely N-dealkylation sites (tertiary alicyclic amines) is 1. The predicted molar refractivity (Wildman–Crippen MR) is 120 cm³/mol. The lowest BCUT2D eigenvalue weighted by molar-refractivity contribution is -0.131. The number of aryl methyl sites for hydroxylation is 3. The first-order valence-corrected chi connectivity index (χ1v) is 11.0. The Morgan fingerprint density at radius 3 is 2.67 bits per heavy atom. The van der Waals surface area contributed by atoms with E-state index in [1.807, 2.05) is 17.9 Å². The summed E-state index contributed by atoms with van der Waals surface area (Å²) in [7, 11) is 0. The summed E-state index contributed by atoms with van der Waals surface area (Å²) < 4.78 is 8.42. The normalized spacial score (nSPS) is 16.4. The topological polar surface area (TPSA) is 47.4 Å². The molecule has 1 amide bonds. The van der Waals surface area contributed by atoms with Gasteiger partial charge in [-0.25, -0.2) is 4.98 Å². The molecular weight excluding hydrogens is 374 g/mol. The van der Waals surface area contributed by atoms with Crippen LogP contribution in [-0.4, -0.2) is 33.5 Å². The second kappa shape index (κ2) is 8.90. The smallest absolute Gasteiger partial charge is 0.222 e. The number of carbonyl (C=O) groups is 1. The molecule has 2 heterocycles. The molecule has 4 rings (SSSR count). The number of benzene rings is 2. The fraction of sp³-hybridized carbons (Fsp3) is 0.440. The van der Waals surface area contributed by atoms with Crippen molar-refractivity contribution in [2.75, 3.05) is 13.2 Å². The summed E-state index contributed by atoms with van der Waals surface area (Å²) >= 11 is 0. The van der Waals surface area contributed by atoms with Crippen molar-refractivity contribution in [1.82, 2.24) is 14.5 Å². The number of hydrogen-bond donors (Lipinski definition) is 0. The zero-order valence-electron chi connectivity index (χ0n) is 18.2. The highest BCUT2D eigenvalue weighted by molar-refractivity contribution is 5.78. The van der Waals surface area contributed by atoms with Gasteiger partial charge in [0.15, 0.2) is 0 Å². The Balaban J connectivity index is 1.54. The average Bonchev–Trinajstić information content (AvgIpc) is 3.37. The highest BCUT2D eigenvalue weighted by Crippen LogP contribution is 2.34. The number of para-hydroxylation sites is 3. The van der Waals surface area contributed by atoms with Crippen LogP contribution >= 0.6 is 0 Å². The minimum absolute atomic E-state index is 0.0735. The Morgan fingerprint density at radius 2 is 1.90 bits per heavy atom. The molecule has 3 aromatic rings. The maximum atomic E-state index is 12.5. The zero-order chi connectivity index (χ0) is 21.1. The molecule has 1 unspecified atom stereocenters. The summed E-state index contributed by atoms with van der Waals surface area (Å²) in [5.74, 6) is 2.22. The second-order valence-corrected chi connectivity index (χ2v) is 8.13. The van der Waals surface area contributed by atoms with Crippen LogP contribution in [-0.2, 0) is 11.3 Å². The molecular formula is C25H31N3O2. The fourth-order valence-corrected chi connectivity index (χ4v) is 4.54. The minimum Gasteiger partial charge on any atom is -0.493 e. The fourth-order valence-electron chi connectivity index (χ4n) is 4.54. The highest BCUT2D eigenvalue weighted by atomic mass is 16.5. The Bertz CT molecular complexity index is 1020. The van der Waals surface area contributed by atoms with Gasteiger partial charge in [0.1, 0.15) is 11.6 Å². The molecule has 158 valence electrons.